The summed E-state index contributed by atoms with van der Waals surface area (Å²) in [5.41, 5.74) is -7.13. The highest BCUT2D eigenvalue weighted by Gasteiger charge is 2.51. The Morgan fingerprint density at radius 3 is 2.16 bits per heavy atom. The van der Waals surface area contributed by atoms with Gasteiger partial charge < -0.3 is 5.32 Å². The minimum absolute atomic E-state index is 0.0381. The summed E-state index contributed by atoms with van der Waals surface area (Å²) in [5.74, 6) is -8.15. The summed E-state index contributed by atoms with van der Waals surface area (Å²) < 4.78 is 83.5. The van der Waals surface area contributed by atoms with Gasteiger partial charge in [0.15, 0.2) is 11.5 Å². The van der Waals surface area contributed by atoms with Crippen LogP contribution in [0.2, 0.25) is 0 Å². The van der Waals surface area contributed by atoms with Crippen LogP contribution in [-0.4, -0.2) is 44.6 Å². The standard InChI is InChI=1S/C27H15F6N5O6/c28-26(29,30)19-15(21(39)17-12-34-20(13-6-2-1-3-7-13)23(35-17)27(31,32)33)10-11-16(22(19)40)36-25(42)37-24(41)14-8-4-5-9-18(14)38(43)44/h1-12,19H,(H2,36,37,41,42). The van der Waals surface area contributed by atoms with Crippen molar-refractivity contribution in [2.75, 3.05) is 0 Å². The number of para-hydroxylation sites is 1. The Morgan fingerprint density at radius 1 is 0.909 bits per heavy atom. The Hall–Kier alpha value is -5.74. The van der Waals surface area contributed by atoms with Crippen LogP contribution in [0, 0.1) is 16.0 Å². The van der Waals surface area contributed by atoms with Crippen molar-refractivity contribution in [1.29, 1.82) is 0 Å². The lowest BCUT2D eigenvalue weighted by Gasteiger charge is -2.25. The summed E-state index contributed by atoms with van der Waals surface area (Å²) in [7, 11) is 0. The number of benzene rings is 2. The number of hydrogen-bond acceptors (Lipinski definition) is 8. The van der Waals surface area contributed by atoms with E-state index in [2.05, 4.69) is 9.97 Å². The molecule has 3 aromatic rings. The molecule has 11 nitrogen and oxygen atoms in total. The lowest BCUT2D eigenvalue weighted by Crippen LogP contribution is -2.45. The van der Waals surface area contributed by atoms with Crippen LogP contribution in [0.1, 0.15) is 26.5 Å². The fourth-order valence-corrected chi connectivity index (χ4v) is 4.08. The van der Waals surface area contributed by atoms with E-state index in [9.17, 15) is 55.6 Å². The van der Waals surface area contributed by atoms with E-state index in [0.717, 1.165) is 12.1 Å². The maximum absolute atomic E-state index is 14.0. The van der Waals surface area contributed by atoms with Crippen molar-refractivity contribution in [2.24, 2.45) is 5.92 Å². The Kier molecular flexibility index (Phi) is 8.41. The third kappa shape index (κ3) is 6.50. The average molecular weight is 619 g/mol. The first-order valence-electron chi connectivity index (χ1n) is 12.0. The molecule has 0 fully saturated rings. The topological polar surface area (TPSA) is 161 Å². The number of carbonyl (C=O) groups is 4. The first kappa shape index (κ1) is 31.2. The molecule has 0 bridgehead atoms. The number of nitro groups is 1. The van der Waals surface area contributed by atoms with E-state index >= 15 is 0 Å². The number of rotatable bonds is 6. The molecule has 1 aliphatic carbocycles. The molecule has 3 amide bonds. The third-order valence-electron chi connectivity index (χ3n) is 6.00. The maximum Gasteiger partial charge on any atom is 0.435 e. The second-order valence-corrected chi connectivity index (χ2v) is 8.87. The quantitative estimate of drug-likeness (QED) is 0.169. The van der Waals surface area contributed by atoms with Gasteiger partial charge >= 0.3 is 18.4 Å². The first-order chi connectivity index (χ1) is 20.6. The van der Waals surface area contributed by atoms with Crippen LogP contribution in [0.5, 0.6) is 0 Å². The Morgan fingerprint density at radius 2 is 1.55 bits per heavy atom. The summed E-state index contributed by atoms with van der Waals surface area (Å²) >= 11 is 0. The maximum atomic E-state index is 14.0. The van der Waals surface area contributed by atoms with E-state index in [1.807, 2.05) is 0 Å². The van der Waals surface area contributed by atoms with Crippen LogP contribution in [0.4, 0.5) is 36.8 Å². The number of urea groups is 1. The monoisotopic (exact) mass is 619 g/mol. The lowest BCUT2D eigenvalue weighted by atomic mass is 9.84. The zero-order valence-electron chi connectivity index (χ0n) is 21.6. The van der Waals surface area contributed by atoms with E-state index in [4.69, 9.17) is 0 Å². The zero-order valence-corrected chi connectivity index (χ0v) is 21.6. The molecule has 2 aromatic carbocycles. The molecular weight excluding hydrogens is 604 g/mol. The molecule has 226 valence electrons. The third-order valence-corrected chi connectivity index (χ3v) is 6.00. The number of allylic oxidation sites excluding steroid dienone is 4. The Balaban J connectivity index is 1.65. The number of Topliss-reactive ketones (excluding diaryl/α,β-unsaturated/α-hetero) is 2. The van der Waals surface area contributed by atoms with Gasteiger partial charge in [0.2, 0.25) is 5.78 Å². The number of imide groups is 1. The molecule has 0 saturated carbocycles. The minimum Gasteiger partial charge on any atom is -0.304 e. The molecule has 44 heavy (non-hydrogen) atoms. The highest BCUT2D eigenvalue weighted by Crippen LogP contribution is 2.39. The van der Waals surface area contributed by atoms with Crippen molar-refractivity contribution < 1.29 is 50.4 Å². The molecule has 1 atom stereocenters. The van der Waals surface area contributed by atoms with Gasteiger partial charge in [0, 0.05) is 17.2 Å². The van der Waals surface area contributed by atoms with Crippen molar-refractivity contribution in [3.8, 4) is 11.3 Å². The fraction of sp³-hybridized carbons (Fsp3) is 0.111. The smallest absolute Gasteiger partial charge is 0.304 e. The lowest BCUT2D eigenvalue weighted by molar-refractivity contribution is -0.385. The van der Waals surface area contributed by atoms with Crippen molar-refractivity contribution in [2.45, 2.75) is 12.4 Å². The van der Waals surface area contributed by atoms with Gasteiger partial charge in [-0.2, -0.15) is 26.3 Å². The molecule has 1 heterocycles. The van der Waals surface area contributed by atoms with Gasteiger partial charge in [0.1, 0.15) is 22.9 Å². The van der Waals surface area contributed by atoms with E-state index in [0.29, 0.717) is 18.3 Å². The molecule has 17 heteroatoms. The summed E-state index contributed by atoms with van der Waals surface area (Å²) in [6.45, 7) is 0. The van der Waals surface area contributed by atoms with Crippen molar-refractivity contribution in [1.82, 2.24) is 20.6 Å². The highest BCUT2D eigenvalue weighted by atomic mass is 19.4. The van der Waals surface area contributed by atoms with E-state index in [1.165, 1.54) is 42.5 Å². The number of aromatic nitrogens is 2. The number of amides is 3. The second kappa shape index (κ2) is 11.9. The van der Waals surface area contributed by atoms with Crippen molar-refractivity contribution >= 4 is 29.2 Å². The van der Waals surface area contributed by atoms with Gasteiger partial charge in [-0.1, -0.05) is 48.5 Å². The normalized spacial score (nSPS) is 15.1. The van der Waals surface area contributed by atoms with E-state index in [1.54, 1.807) is 10.6 Å². The molecule has 0 radical (unpaired) electrons. The molecule has 2 N–H and O–H groups in total. The number of carbonyl (C=O) groups excluding carboxylic acids is 4. The zero-order chi connectivity index (χ0) is 32.4. The van der Waals surface area contributed by atoms with Crippen LogP contribution in [0.3, 0.4) is 0 Å². The van der Waals surface area contributed by atoms with Crippen LogP contribution in [0.25, 0.3) is 11.3 Å². The fourth-order valence-electron chi connectivity index (χ4n) is 4.08. The van der Waals surface area contributed by atoms with Gasteiger partial charge in [0.05, 0.1) is 16.8 Å². The van der Waals surface area contributed by atoms with E-state index in [-0.39, 0.29) is 5.56 Å². The summed E-state index contributed by atoms with van der Waals surface area (Å²) in [6, 6.07) is 9.73. The van der Waals surface area contributed by atoms with Gasteiger partial charge in [-0.05, 0) is 12.1 Å². The predicted octanol–water partition coefficient (Wildman–Crippen LogP) is 4.96. The van der Waals surface area contributed by atoms with Crippen LogP contribution in [-0.2, 0) is 11.0 Å². The van der Waals surface area contributed by atoms with Crippen LogP contribution in [0.15, 0.2) is 84.2 Å². The SMILES string of the molecule is O=C(NC(=O)c1ccccc1[N+](=O)[O-])NC1=CC=C(C(=O)c2cnc(-c3ccccc3)c(C(F)(F)F)n2)C(C(F)(F)F)C1=O. The second-order valence-electron chi connectivity index (χ2n) is 8.87. The van der Waals surface area contributed by atoms with Crippen molar-refractivity contribution in [3.63, 3.8) is 0 Å². The number of nitrogens with one attached hydrogen (secondary N) is 2. The van der Waals surface area contributed by atoms with Gasteiger partial charge in [-0.3, -0.25) is 34.8 Å². The molecule has 0 spiro atoms. The van der Waals surface area contributed by atoms with Gasteiger partial charge in [0.25, 0.3) is 11.6 Å². The van der Waals surface area contributed by atoms with Crippen LogP contribution >= 0.6 is 0 Å². The summed E-state index contributed by atoms with van der Waals surface area (Å²) in [5, 5.41) is 14.5. The molecule has 0 aliphatic heterocycles. The molecule has 0 saturated heterocycles. The Labute approximate surface area is 241 Å². The van der Waals surface area contributed by atoms with Gasteiger partial charge in [-0.25, -0.2) is 9.78 Å². The average Bonchev–Trinajstić information content (AvgIpc) is 2.96. The molecular formula is C27H15F6N5O6. The summed E-state index contributed by atoms with van der Waals surface area (Å²) in [4.78, 5) is 67.5. The summed E-state index contributed by atoms with van der Waals surface area (Å²) in [6.07, 6.45) is -9.07. The number of nitro benzene ring substituents is 1. The van der Waals surface area contributed by atoms with Gasteiger partial charge in [-0.15, -0.1) is 0 Å². The van der Waals surface area contributed by atoms with E-state index < -0.39 is 86.3 Å². The van der Waals surface area contributed by atoms with Crippen LogP contribution < -0.4 is 10.6 Å². The molecule has 1 unspecified atom stereocenters. The number of halogens is 6. The molecule has 4 rings (SSSR count). The highest BCUT2D eigenvalue weighted by molar-refractivity contribution is 6.16. The number of ketones is 2. The Bertz CT molecular complexity index is 1750. The minimum atomic E-state index is -5.47. The number of alkyl halides is 6. The largest absolute Gasteiger partial charge is 0.435 e. The predicted molar refractivity (Wildman–Crippen MR) is 137 cm³/mol. The first-order valence-corrected chi connectivity index (χ1v) is 12.0. The molecule has 1 aromatic heterocycles. The molecule has 1 aliphatic rings. The van der Waals surface area contributed by atoms with Crippen molar-refractivity contribution in [3.05, 3.63) is 111 Å². The number of nitrogens with zero attached hydrogens (tertiary/aromatic N) is 3. The number of hydrogen-bond donors (Lipinski definition) is 2.